The van der Waals surface area contributed by atoms with Crippen LogP contribution in [0.15, 0.2) is 24.3 Å². The molecule has 2 atom stereocenters. The van der Waals surface area contributed by atoms with Crippen LogP contribution in [-0.4, -0.2) is 31.4 Å². The molecule has 2 rings (SSSR count). The van der Waals surface area contributed by atoms with Crippen LogP contribution in [0.1, 0.15) is 30.1 Å². The Labute approximate surface area is 131 Å². The average Bonchev–Trinajstić information content (AvgIpc) is 2.46. The molecule has 1 fully saturated rings. The molecule has 1 heterocycles. The second-order valence-electron chi connectivity index (χ2n) is 5.23. The van der Waals surface area contributed by atoms with Crippen molar-refractivity contribution in [2.24, 2.45) is 5.92 Å². The van der Waals surface area contributed by atoms with Crippen LogP contribution in [0, 0.1) is 5.92 Å². The van der Waals surface area contributed by atoms with Gasteiger partial charge in [0.15, 0.2) is 0 Å². The highest BCUT2D eigenvalue weighted by Crippen LogP contribution is 2.19. The predicted molar refractivity (Wildman–Crippen MR) is 85.9 cm³/mol. The van der Waals surface area contributed by atoms with Gasteiger partial charge in [0.2, 0.25) is 5.91 Å². The van der Waals surface area contributed by atoms with Gasteiger partial charge < -0.3 is 16.0 Å². The Balaban J connectivity index is 0.00000220. The third-order valence-corrected chi connectivity index (χ3v) is 3.61. The number of hydrogen-bond acceptors (Lipinski definition) is 3. The van der Waals surface area contributed by atoms with Gasteiger partial charge in [0.1, 0.15) is 0 Å². The second-order valence-corrected chi connectivity index (χ2v) is 5.23. The summed E-state index contributed by atoms with van der Waals surface area (Å²) in [5, 5.41) is 8.81. The number of rotatable bonds is 3. The van der Waals surface area contributed by atoms with Crippen LogP contribution in [0.2, 0.25) is 0 Å². The van der Waals surface area contributed by atoms with Gasteiger partial charge in [0, 0.05) is 30.3 Å². The maximum absolute atomic E-state index is 12.2. The lowest BCUT2D eigenvalue weighted by molar-refractivity contribution is -0.120. The molecule has 5 nitrogen and oxygen atoms in total. The Morgan fingerprint density at radius 2 is 2.10 bits per heavy atom. The van der Waals surface area contributed by atoms with Crippen LogP contribution in [0.3, 0.4) is 0 Å². The van der Waals surface area contributed by atoms with Crippen molar-refractivity contribution in [1.82, 2.24) is 10.6 Å². The molecule has 21 heavy (non-hydrogen) atoms. The molecule has 3 N–H and O–H groups in total. The number of carbonyl (C=O) groups is 2. The fourth-order valence-corrected chi connectivity index (χ4v) is 2.50. The zero-order chi connectivity index (χ0) is 14.5. The lowest BCUT2D eigenvalue weighted by atomic mass is 9.92. The summed E-state index contributed by atoms with van der Waals surface area (Å²) in [6.07, 6.45) is 1.70. The van der Waals surface area contributed by atoms with Gasteiger partial charge in [-0.3, -0.25) is 9.59 Å². The molecule has 0 unspecified atom stereocenters. The van der Waals surface area contributed by atoms with Crippen molar-refractivity contribution in [3.63, 3.8) is 0 Å². The van der Waals surface area contributed by atoms with E-state index in [0.29, 0.717) is 17.3 Å². The molecule has 0 saturated carbocycles. The number of piperidine rings is 1. The standard InChI is InChI=1S/C15H21N3O2.ClH/c1-10-8-12(6-7-17-10)15(20)18-13-5-3-4-11(9-13)14(19)16-2;/h3-5,9-10,12,17H,6-8H2,1-2H3,(H,16,19)(H,18,20);1H/t10-,12-;/m0./s1. The molecule has 0 radical (unpaired) electrons. The summed E-state index contributed by atoms with van der Waals surface area (Å²) in [5.74, 6) is -0.0843. The van der Waals surface area contributed by atoms with E-state index in [4.69, 9.17) is 0 Å². The largest absolute Gasteiger partial charge is 0.355 e. The van der Waals surface area contributed by atoms with Crippen molar-refractivity contribution >= 4 is 29.9 Å². The van der Waals surface area contributed by atoms with Gasteiger partial charge in [-0.25, -0.2) is 0 Å². The minimum atomic E-state index is -0.156. The van der Waals surface area contributed by atoms with Crippen molar-refractivity contribution in [3.05, 3.63) is 29.8 Å². The van der Waals surface area contributed by atoms with E-state index in [2.05, 4.69) is 22.9 Å². The molecule has 0 spiro atoms. The number of anilines is 1. The fourth-order valence-electron chi connectivity index (χ4n) is 2.50. The molecule has 1 aliphatic rings. The van der Waals surface area contributed by atoms with Crippen LogP contribution in [0.25, 0.3) is 0 Å². The van der Waals surface area contributed by atoms with E-state index in [-0.39, 0.29) is 30.1 Å². The molecule has 1 aromatic rings. The van der Waals surface area contributed by atoms with Crippen molar-refractivity contribution in [2.75, 3.05) is 18.9 Å². The highest BCUT2D eigenvalue weighted by molar-refractivity contribution is 5.97. The Morgan fingerprint density at radius 1 is 1.33 bits per heavy atom. The molecule has 1 aliphatic heterocycles. The van der Waals surface area contributed by atoms with Crippen molar-refractivity contribution in [1.29, 1.82) is 0 Å². The van der Waals surface area contributed by atoms with E-state index in [1.54, 1.807) is 31.3 Å². The maximum Gasteiger partial charge on any atom is 0.251 e. The summed E-state index contributed by atoms with van der Waals surface area (Å²) in [5.41, 5.74) is 1.21. The Kier molecular flexibility index (Phi) is 6.65. The molecule has 1 aromatic carbocycles. The van der Waals surface area contributed by atoms with Crippen LogP contribution in [0.5, 0.6) is 0 Å². The number of hydrogen-bond donors (Lipinski definition) is 3. The van der Waals surface area contributed by atoms with E-state index in [0.717, 1.165) is 19.4 Å². The van der Waals surface area contributed by atoms with Gasteiger partial charge in [-0.05, 0) is 44.5 Å². The normalized spacial score (nSPS) is 21.0. The van der Waals surface area contributed by atoms with Crippen LogP contribution in [-0.2, 0) is 4.79 Å². The molecule has 0 bridgehead atoms. The number of carbonyl (C=O) groups excluding carboxylic acids is 2. The van der Waals surface area contributed by atoms with Crippen molar-refractivity contribution in [3.8, 4) is 0 Å². The number of halogens is 1. The molecule has 0 aromatic heterocycles. The van der Waals surface area contributed by atoms with Gasteiger partial charge in [0.25, 0.3) is 5.91 Å². The molecule has 1 saturated heterocycles. The van der Waals surface area contributed by atoms with Gasteiger partial charge in [-0.2, -0.15) is 0 Å². The average molecular weight is 312 g/mol. The van der Waals surface area contributed by atoms with Gasteiger partial charge in [-0.1, -0.05) is 6.07 Å². The van der Waals surface area contributed by atoms with E-state index in [1.165, 1.54) is 0 Å². The second kappa shape index (κ2) is 8.00. The third-order valence-electron chi connectivity index (χ3n) is 3.61. The quantitative estimate of drug-likeness (QED) is 0.797. The van der Waals surface area contributed by atoms with Crippen LogP contribution >= 0.6 is 12.4 Å². The smallest absolute Gasteiger partial charge is 0.251 e. The first-order valence-electron chi connectivity index (χ1n) is 6.96. The van der Waals surface area contributed by atoms with Gasteiger partial charge in [-0.15, -0.1) is 12.4 Å². The van der Waals surface area contributed by atoms with E-state index in [1.807, 2.05) is 0 Å². The van der Waals surface area contributed by atoms with Crippen molar-refractivity contribution < 1.29 is 9.59 Å². The Hall–Kier alpha value is -1.59. The number of nitrogens with one attached hydrogen (secondary N) is 3. The predicted octanol–water partition coefficient (Wildman–Crippen LogP) is 1.79. The van der Waals surface area contributed by atoms with Crippen LogP contribution in [0.4, 0.5) is 5.69 Å². The summed E-state index contributed by atoms with van der Waals surface area (Å²) >= 11 is 0. The fraction of sp³-hybridized carbons (Fsp3) is 0.467. The first-order valence-corrected chi connectivity index (χ1v) is 6.96. The van der Waals surface area contributed by atoms with Crippen molar-refractivity contribution in [2.45, 2.75) is 25.8 Å². The summed E-state index contributed by atoms with van der Waals surface area (Å²) in [6.45, 7) is 2.96. The Bertz CT molecular complexity index is 507. The molecular weight excluding hydrogens is 290 g/mol. The number of benzene rings is 1. The zero-order valence-electron chi connectivity index (χ0n) is 12.3. The minimum absolute atomic E-state index is 0. The topological polar surface area (TPSA) is 70.2 Å². The monoisotopic (exact) mass is 311 g/mol. The maximum atomic E-state index is 12.2. The lowest BCUT2D eigenvalue weighted by Gasteiger charge is -2.27. The molecule has 0 aliphatic carbocycles. The highest BCUT2D eigenvalue weighted by Gasteiger charge is 2.24. The first kappa shape index (κ1) is 17.5. The first-order chi connectivity index (χ1) is 9.60. The van der Waals surface area contributed by atoms with E-state index >= 15 is 0 Å². The lowest BCUT2D eigenvalue weighted by Crippen LogP contribution is -2.40. The highest BCUT2D eigenvalue weighted by atomic mass is 35.5. The summed E-state index contributed by atoms with van der Waals surface area (Å²) < 4.78 is 0. The molecule has 2 amide bonds. The summed E-state index contributed by atoms with van der Waals surface area (Å²) in [6, 6.07) is 7.36. The minimum Gasteiger partial charge on any atom is -0.355 e. The molecular formula is C15H22ClN3O2. The summed E-state index contributed by atoms with van der Waals surface area (Å²) in [4.78, 5) is 23.8. The van der Waals surface area contributed by atoms with Gasteiger partial charge >= 0.3 is 0 Å². The van der Waals surface area contributed by atoms with E-state index < -0.39 is 0 Å². The third kappa shape index (κ3) is 4.72. The van der Waals surface area contributed by atoms with Gasteiger partial charge in [0.05, 0.1) is 0 Å². The zero-order valence-corrected chi connectivity index (χ0v) is 13.1. The molecule has 116 valence electrons. The number of amides is 2. The molecule has 6 heteroatoms. The van der Waals surface area contributed by atoms with Crippen LogP contribution < -0.4 is 16.0 Å². The SMILES string of the molecule is CNC(=O)c1cccc(NC(=O)[C@H]2CCN[C@@H](C)C2)c1.Cl. The summed E-state index contributed by atoms with van der Waals surface area (Å²) in [7, 11) is 1.59. The van der Waals surface area contributed by atoms with E-state index in [9.17, 15) is 9.59 Å². The Morgan fingerprint density at radius 3 is 2.76 bits per heavy atom.